The molecule has 0 radical (unpaired) electrons. The maximum absolute atomic E-state index is 12.7. The molecule has 1 fully saturated rings. The average molecular weight is 415 g/mol. The van der Waals surface area contributed by atoms with Gasteiger partial charge in [-0.3, -0.25) is 4.79 Å². The van der Waals surface area contributed by atoms with Crippen molar-refractivity contribution in [2.45, 2.75) is 6.10 Å². The number of rotatable bonds is 2. The molecule has 0 bridgehead atoms. The molecule has 2 aromatic carbocycles. The molecule has 0 spiro atoms. The van der Waals surface area contributed by atoms with Crippen LogP contribution in [0.3, 0.4) is 0 Å². The molecule has 1 saturated heterocycles. The summed E-state index contributed by atoms with van der Waals surface area (Å²) < 4.78 is 6.62. The Bertz CT molecular complexity index is 721. The molecule has 1 atom stereocenters. The number of halogens is 3. The number of hydrogen-bond acceptors (Lipinski definition) is 2. The molecule has 1 aliphatic heterocycles. The lowest BCUT2D eigenvalue weighted by molar-refractivity contribution is -0.0228. The van der Waals surface area contributed by atoms with E-state index in [9.17, 15) is 4.79 Å². The van der Waals surface area contributed by atoms with Crippen LogP contribution in [0.15, 0.2) is 46.9 Å². The molecule has 0 aromatic heterocycles. The first-order chi connectivity index (χ1) is 11.0. The van der Waals surface area contributed by atoms with Crippen LogP contribution in [0, 0.1) is 0 Å². The molecule has 0 saturated carbocycles. The van der Waals surface area contributed by atoms with Gasteiger partial charge in [0.15, 0.2) is 0 Å². The summed E-state index contributed by atoms with van der Waals surface area (Å²) in [6, 6.07) is 12.8. The molecule has 1 amide bonds. The van der Waals surface area contributed by atoms with Gasteiger partial charge in [0.1, 0.15) is 6.10 Å². The van der Waals surface area contributed by atoms with Crippen LogP contribution in [0.5, 0.6) is 0 Å². The quantitative estimate of drug-likeness (QED) is 0.694. The van der Waals surface area contributed by atoms with Gasteiger partial charge in [-0.2, -0.15) is 0 Å². The van der Waals surface area contributed by atoms with Gasteiger partial charge in [-0.25, -0.2) is 0 Å². The van der Waals surface area contributed by atoms with Gasteiger partial charge < -0.3 is 9.64 Å². The standard InChI is InChI=1S/C17H14BrCl2NO2/c18-12-3-6-15(20)14(9-12)17(22)21-7-8-23-16(10-21)11-1-4-13(19)5-2-11/h1-6,9,16H,7-8,10H2. The maximum atomic E-state index is 12.7. The predicted molar refractivity (Wildman–Crippen MR) is 95.2 cm³/mol. The van der Waals surface area contributed by atoms with Crippen molar-refractivity contribution < 1.29 is 9.53 Å². The first-order valence-corrected chi connectivity index (χ1v) is 8.71. The summed E-state index contributed by atoms with van der Waals surface area (Å²) in [6.45, 7) is 1.53. The van der Waals surface area contributed by atoms with Crippen LogP contribution in [0.4, 0.5) is 0 Å². The van der Waals surface area contributed by atoms with Crippen LogP contribution in [0.2, 0.25) is 10.0 Å². The first kappa shape index (κ1) is 16.8. The molecule has 3 nitrogen and oxygen atoms in total. The fraction of sp³-hybridized carbons (Fsp3) is 0.235. The second-order valence-corrected chi connectivity index (χ2v) is 7.05. The number of amides is 1. The highest BCUT2D eigenvalue weighted by molar-refractivity contribution is 9.10. The molecule has 6 heteroatoms. The van der Waals surface area contributed by atoms with Gasteiger partial charge in [0.05, 0.1) is 23.7 Å². The molecular weight excluding hydrogens is 401 g/mol. The summed E-state index contributed by atoms with van der Waals surface area (Å²) in [5.41, 5.74) is 1.50. The second kappa shape index (κ2) is 7.22. The van der Waals surface area contributed by atoms with Gasteiger partial charge in [0, 0.05) is 16.0 Å². The van der Waals surface area contributed by atoms with Crippen LogP contribution in [0.25, 0.3) is 0 Å². The third kappa shape index (κ3) is 3.89. The largest absolute Gasteiger partial charge is 0.370 e. The minimum Gasteiger partial charge on any atom is -0.370 e. The summed E-state index contributed by atoms with van der Waals surface area (Å²) in [7, 11) is 0. The van der Waals surface area contributed by atoms with Crippen molar-refractivity contribution in [3.8, 4) is 0 Å². The Balaban J connectivity index is 1.79. The van der Waals surface area contributed by atoms with Gasteiger partial charge in [0.2, 0.25) is 0 Å². The highest BCUT2D eigenvalue weighted by atomic mass is 79.9. The number of hydrogen-bond donors (Lipinski definition) is 0. The van der Waals surface area contributed by atoms with Gasteiger partial charge in [-0.15, -0.1) is 0 Å². The lowest BCUT2D eigenvalue weighted by atomic mass is 10.1. The lowest BCUT2D eigenvalue weighted by Crippen LogP contribution is -2.42. The van der Waals surface area contributed by atoms with E-state index >= 15 is 0 Å². The van der Waals surface area contributed by atoms with E-state index in [4.69, 9.17) is 27.9 Å². The van der Waals surface area contributed by atoms with E-state index < -0.39 is 0 Å². The molecular formula is C17H14BrCl2NO2. The minimum absolute atomic E-state index is 0.0847. The van der Waals surface area contributed by atoms with Crippen LogP contribution in [0.1, 0.15) is 22.0 Å². The van der Waals surface area contributed by atoms with Gasteiger partial charge in [-0.05, 0) is 35.9 Å². The lowest BCUT2D eigenvalue weighted by Gasteiger charge is -2.33. The molecule has 120 valence electrons. The average Bonchev–Trinajstić information content (AvgIpc) is 2.57. The fourth-order valence-electron chi connectivity index (χ4n) is 2.54. The molecule has 2 aromatic rings. The monoisotopic (exact) mass is 413 g/mol. The van der Waals surface area contributed by atoms with E-state index in [0.29, 0.717) is 35.3 Å². The van der Waals surface area contributed by atoms with E-state index in [0.717, 1.165) is 10.0 Å². The third-order valence-electron chi connectivity index (χ3n) is 3.75. The van der Waals surface area contributed by atoms with E-state index in [1.54, 1.807) is 17.0 Å². The Hall–Kier alpha value is -1.07. The van der Waals surface area contributed by atoms with Crippen molar-refractivity contribution in [1.29, 1.82) is 0 Å². The van der Waals surface area contributed by atoms with Crippen molar-refractivity contribution >= 4 is 45.0 Å². The Morgan fingerprint density at radius 3 is 2.65 bits per heavy atom. The molecule has 0 aliphatic carbocycles. The Morgan fingerprint density at radius 2 is 1.91 bits per heavy atom. The Kier molecular flexibility index (Phi) is 5.27. The number of carbonyl (C=O) groups excluding carboxylic acids is 1. The minimum atomic E-state index is -0.157. The first-order valence-electron chi connectivity index (χ1n) is 7.16. The Labute approximate surface area is 153 Å². The summed E-state index contributed by atoms with van der Waals surface area (Å²) in [5, 5.41) is 1.13. The number of benzene rings is 2. The number of ether oxygens (including phenoxy) is 1. The van der Waals surface area contributed by atoms with Crippen molar-refractivity contribution in [2.24, 2.45) is 0 Å². The molecule has 23 heavy (non-hydrogen) atoms. The van der Waals surface area contributed by atoms with Crippen LogP contribution in [-0.2, 0) is 4.74 Å². The molecule has 0 N–H and O–H groups in total. The van der Waals surface area contributed by atoms with Crippen molar-refractivity contribution in [2.75, 3.05) is 19.7 Å². The summed E-state index contributed by atoms with van der Waals surface area (Å²) in [4.78, 5) is 14.5. The van der Waals surface area contributed by atoms with Crippen molar-refractivity contribution in [3.63, 3.8) is 0 Å². The zero-order valence-electron chi connectivity index (χ0n) is 12.1. The van der Waals surface area contributed by atoms with E-state index in [2.05, 4.69) is 15.9 Å². The summed E-state index contributed by atoms with van der Waals surface area (Å²) in [5.74, 6) is -0.0847. The van der Waals surface area contributed by atoms with Gasteiger partial charge >= 0.3 is 0 Å². The third-order valence-corrected chi connectivity index (χ3v) is 4.83. The smallest absolute Gasteiger partial charge is 0.255 e. The fourth-order valence-corrected chi connectivity index (χ4v) is 3.23. The van der Waals surface area contributed by atoms with E-state index in [1.165, 1.54) is 0 Å². The normalized spacial score (nSPS) is 18.0. The zero-order chi connectivity index (χ0) is 16.4. The van der Waals surface area contributed by atoms with Crippen molar-refractivity contribution in [3.05, 3.63) is 68.1 Å². The summed E-state index contributed by atoms with van der Waals surface area (Å²) >= 11 is 15.5. The molecule has 1 aliphatic rings. The SMILES string of the molecule is O=C(c1cc(Br)ccc1Cl)N1CCOC(c2ccc(Cl)cc2)C1. The maximum Gasteiger partial charge on any atom is 0.255 e. The number of nitrogens with zero attached hydrogens (tertiary/aromatic N) is 1. The molecule has 1 heterocycles. The molecule has 3 rings (SSSR count). The topological polar surface area (TPSA) is 29.5 Å². The van der Waals surface area contributed by atoms with Crippen molar-refractivity contribution in [1.82, 2.24) is 4.90 Å². The second-order valence-electron chi connectivity index (χ2n) is 5.29. The van der Waals surface area contributed by atoms with Crippen LogP contribution >= 0.6 is 39.1 Å². The Morgan fingerprint density at radius 1 is 1.17 bits per heavy atom. The highest BCUT2D eigenvalue weighted by Gasteiger charge is 2.27. The van der Waals surface area contributed by atoms with E-state index in [1.807, 2.05) is 30.3 Å². The number of carbonyl (C=O) groups is 1. The van der Waals surface area contributed by atoms with Crippen LogP contribution in [-0.4, -0.2) is 30.5 Å². The number of morpholine rings is 1. The molecule has 1 unspecified atom stereocenters. The van der Waals surface area contributed by atoms with Gasteiger partial charge in [-0.1, -0.05) is 51.3 Å². The summed E-state index contributed by atoms with van der Waals surface area (Å²) in [6.07, 6.45) is -0.157. The predicted octanol–water partition coefficient (Wildman–Crippen LogP) is 4.97. The van der Waals surface area contributed by atoms with Gasteiger partial charge in [0.25, 0.3) is 5.91 Å². The van der Waals surface area contributed by atoms with E-state index in [-0.39, 0.29) is 12.0 Å². The van der Waals surface area contributed by atoms with Crippen LogP contribution < -0.4 is 0 Å². The zero-order valence-corrected chi connectivity index (χ0v) is 15.2. The highest BCUT2D eigenvalue weighted by Crippen LogP contribution is 2.27.